The Morgan fingerprint density at radius 2 is 2.38 bits per heavy atom. The summed E-state index contributed by atoms with van der Waals surface area (Å²) in [4.78, 5) is 11.4. The lowest BCUT2D eigenvalue weighted by molar-refractivity contribution is -0.548. The van der Waals surface area contributed by atoms with E-state index >= 15 is 0 Å². The van der Waals surface area contributed by atoms with Crippen molar-refractivity contribution in [2.24, 2.45) is 0 Å². The molecule has 0 spiro atoms. The van der Waals surface area contributed by atoms with E-state index in [0.29, 0.717) is 0 Å². The van der Waals surface area contributed by atoms with Gasteiger partial charge in [-0.2, -0.15) is 0 Å². The summed E-state index contributed by atoms with van der Waals surface area (Å²) >= 11 is 0. The van der Waals surface area contributed by atoms with Gasteiger partial charge in [0.05, 0.1) is 11.7 Å². The van der Waals surface area contributed by atoms with Gasteiger partial charge in [0, 0.05) is 16.1 Å². The Balaban J connectivity index is 2.34. The molecule has 1 fully saturated rings. The normalized spacial score (nSPS) is 39.1. The van der Waals surface area contributed by atoms with Gasteiger partial charge in [0.15, 0.2) is 0 Å². The average Bonchev–Trinajstić information content (AvgIpc) is 2.12. The van der Waals surface area contributed by atoms with Crippen LogP contribution >= 0.6 is 0 Å². The van der Waals surface area contributed by atoms with Crippen LogP contribution in [0, 0.1) is 10.1 Å². The number of nitrogens with zero attached hydrogens (tertiary/aromatic N) is 2. The van der Waals surface area contributed by atoms with Gasteiger partial charge in [-0.05, 0) is 19.8 Å². The van der Waals surface area contributed by atoms with Crippen LogP contribution in [0.25, 0.3) is 0 Å². The minimum absolute atomic E-state index is 0.149. The Bertz CT molecular complexity index is 264. The van der Waals surface area contributed by atoms with Crippen LogP contribution in [0.15, 0.2) is 12.4 Å². The second-order valence-corrected chi connectivity index (χ2v) is 4.10. The molecular weight excluding hydrogens is 168 g/mol. The van der Waals surface area contributed by atoms with E-state index in [2.05, 4.69) is 0 Å². The standard InChI is InChI=1S/C9H14N2O2/c1-9-5-3-2-4-8(9)10(12)6-7-11(9)13/h6-8H,2-5H2,1H3/t8-,9+/m1/s1. The van der Waals surface area contributed by atoms with Gasteiger partial charge in [-0.3, -0.25) is 0 Å². The molecule has 2 aliphatic rings. The van der Waals surface area contributed by atoms with E-state index in [0.717, 1.165) is 35.5 Å². The number of fused-ring (bicyclic) bond motifs is 1. The quantitative estimate of drug-likeness (QED) is 0.536. The highest BCUT2D eigenvalue weighted by Crippen LogP contribution is 2.37. The third kappa shape index (κ3) is 1.16. The maximum atomic E-state index is 11.6. The van der Waals surface area contributed by atoms with Crippen LogP contribution in [0.1, 0.15) is 32.6 Å². The highest BCUT2D eigenvalue weighted by atomic mass is 16.5. The molecule has 0 aromatic rings. The van der Waals surface area contributed by atoms with Crippen molar-refractivity contribution in [2.45, 2.75) is 44.2 Å². The lowest BCUT2D eigenvalue weighted by Gasteiger charge is -2.49. The van der Waals surface area contributed by atoms with Gasteiger partial charge >= 0.3 is 0 Å². The smallest absolute Gasteiger partial charge is 0.236 e. The number of rotatable bonds is 0. The summed E-state index contributed by atoms with van der Waals surface area (Å²) in [5, 5.41) is 12.5. The molecule has 0 aromatic heterocycles. The first-order chi connectivity index (χ1) is 6.14. The Kier molecular flexibility index (Phi) is 1.87. The summed E-state index contributed by atoms with van der Waals surface area (Å²) in [7, 11) is 0. The zero-order valence-electron chi connectivity index (χ0n) is 7.77. The van der Waals surface area contributed by atoms with E-state index in [-0.39, 0.29) is 6.04 Å². The number of hydrogen-bond donors (Lipinski definition) is 0. The van der Waals surface area contributed by atoms with Crippen LogP contribution in [0.4, 0.5) is 0 Å². The minimum Gasteiger partial charge on any atom is -0.758 e. The van der Waals surface area contributed by atoms with Gasteiger partial charge in [-0.25, -0.2) is 0 Å². The number of hydrogen-bond acceptors (Lipinski definition) is 3. The molecule has 13 heavy (non-hydrogen) atoms. The van der Waals surface area contributed by atoms with E-state index in [1.165, 1.54) is 12.4 Å². The van der Waals surface area contributed by atoms with Crippen LogP contribution in [-0.2, 0) is 0 Å². The summed E-state index contributed by atoms with van der Waals surface area (Å²) in [5.74, 6) is 0. The van der Waals surface area contributed by atoms with Crippen LogP contribution in [-0.4, -0.2) is 21.4 Å². The van der Waals surface area contributed by atoms with Crippen LogP contribution in [0.5, 0.6) is 0 Å². The second-order valence-electron chi connectivity index (χ2n) is 4.10. The van der Waals surface area contributed by atoms with Crippen molar-refractivity contribution in [1.29, 1.82) is 0 Å². The molecule has 0 saturated heterocycles. The SMILES string of the molecule is C[C@]12CCCC[C@H]1[N+](=O)C=CN2[O-]. The largest absolute Gasteiger partial charge is 0.758 e. The number of hydroxylamine groups is 2. The lowest BCUT2D eigenvalue weighted by atomic mass is 9.78. The molecule has 72 valence electrons. The molecule has 0 amide bonds. The van der Waals surface area contributed by atoms with Crippen molar-refractivity contribution < 1.29 is 4.76 Å². The fourth-order valence-electron chi connectivity index (χ4n) is 2.36. The predicted molar refractivity (Wildman–Crippen MR) is 48.6 cm³/mol. The van der Waals surface area contributed by atoms with E-state index in [1.807, 2.05) is 6.92 Å². The molecule has 1 saturated carbocycles. The van der Waals surface area contributed by atoms with E-state index < -0.39 is 5.54 Å². The monoisotopic (exact) mass is 182 g/mol. The van der Waals surface area contributed by atoms with Gasteiger partial charge in [-0.15, -0.1) is 0 Å². The highest BCUT2D eigenvalue weighted by Gasteiger charge is 2.48. The fraction of sp³-hybridized carbons (Fsp3) is 0.778. The van der Waals surface area contributed by atoms with Crippen LogP contribution < -0.4 is 0 Å². The van der Waals surface area contributed by atoms with Crippen molar-refractivity contribution in [3.05, 3.63) is 22.5 Å². The van der Waals surface area contributed by atoms with Crippen molar-refractivity contribution >= 4 is 0 Å². The lowest BCUT2D eigenvalue weighted by Crippen LogP contribution is -2.57. The van der Waals surface area contributed by atoms with Crippen molar-refractivity contribution in [1.82, 2.24) is 5.06 Å². The molecule has 1 aliphatic heterocycles. The first kappa shape index (κ1) is 8.69. The van der Waals surface area contributed by atoms with E-state index in [1.54, 1.807) is 0 Å². The van der Waals surface area contributed by atoms with Gasteiger partial charge in [-0.1, -0.05) is 6.42 Å². The first-order valence-electron chi connectivity index (χ1n) is 4.75. The Morgan fingerprint density at radius 1 is 1.62 bits per heavy atom. The zero-order valence-corrected chi connectivity index (χ0v) is 7.77. The van der Waals surface area contributed by atoms with Crippen LogP contribution in [0.2, 0.25) is 0 Å². The minimum atomic E-state index is -0.491. The van der Waals surface area contributed by atoms with Crippen molar-refractivity contribution in [3.8, 4) is 0 Å². The van der Waals surface area contributed by atoms with Crippen molar-refractivity contribution in [3.63, 3.8) is 0 Å². The van der Waals surface area contributed by atoms with Crippen molar-refractivity contribution in [2.75, 3.05) is 0 Å². The molecular formula is C9H14N2O2. The predicted octanol–water partition coefficient (Wildman–Crippen LogP) is 1.75. The molecule has 4 nitrogen and oxygen atoms in total. The van der Waals surface area contributed by atoms with Gasteiger partial charge in [0.25, 0.3) is 0 Å². The van der Waals surface area contributed by atoms with Gasteiger partial charge < -0.3 is 10.3 Å². The summed E-state index contributed by atoms with van der Waals surface area (Å²) in [6.07, 6.45) is 6.45. The molecule has 0 unspecified atom stereocenters. The molecule has 2 atom stereocenters. The molecule has 2 rings (SSSR count). The number of nitroso groups, excluding NO2 is 1. The topological polar surface area (TPSA) is 46.4 Å². The third-order valence-corrected chi connectivity index (χ3v) is 3.29. The summed E-state index contributed by atoms with van der Waals surface area (Å²) in [6, 6.07) is -0.149. The Morgan fingerprint density at radius 3 is 3.08 bits per heavy atom. The maximum absolute atomic E-state index is 11.6. The fourth-order valence-corrected chi connectivity index (χ4v) is 2.36. The zero-order chi connectivity index (χ0) is 9.47. The molecule has 0 bridgehead atoms. The molecule has 0 N–H and O–H groups in total. The molecule has 1 aliphatic carbocycles. The first-order valence-corrected chi connectivity index (χ1v) is 4.75. The van der Waals surface area contributed by atoms with E-state index in [4.69, 9.17) is 0 Å². The third-order valence-electron chi connectivity index (χ3n) is 3.29. The summed E-state index contributed by atoms with van der Waals surface area (Å²) in [6.45, 7) is 1.89. The van der Waals surface area contributed by atoms with Crippen LogP contribution in [0.3, 0.4) is 0 Å². The summed E-state index contributed by atoms with van der Waals surface area (Å²) in [5.41, 5.74) is -0.491. The molecule has 0 aromatic carbocycles. The van der Waals surface area contributed by atoms with E-state index in [9.17, 15) is 10.1 Å². The Labute approximate surface area is 77.4 Å². The van der Waals surface area contributed by atoms with Gasteiger partial charge in [0.1, 0.15) is 0 Å². The average molecular weight is 182 g/mol. The Hall–Kier alpha value is -0.900. The highest BCUT2D eigenvalue weighted by molar-refractivity contribution is 5.03. The maximum Gasteiger partial charge on any atom is 0.236 e. The molecule has 0 radical (unpaired) electrons. The second kappa shape index (κ2) is 2.80. The van der Waals surface area contributed by atoms with Gasteiger partial charge in [0.2, 0.25) is 12.2 Å². The summed E-state index contributed by atoms with van der Waals surface area (Å²) < 4.78 is 0.938. The molecule has 4 heteroatoms. The molecule has 1 heterocycles.